The summed E-state index contributed by atoms with van der Waals surface area (Å²) in [6.45, 7) is -4.12. The van der Waals surface area contributed by atoms with Crippen LogP contribution >= 0.6 is 0 Å². The van der Waals surface area contributed by atoms with Gasteiger partial charge in [-0.15, -0.1) is 0 Å². The van der Waals surface area contributed by atoms with Gasteiger partial charge in [-0.25, -0.2) is 0 Å². The number of ether oxygens (including phenoxy) is 1. The van der Waals surface area contributed by atoms with Crippen LogP contribution in [0.4, 0.5) is 5.69 Å². The van der Waals surface area contributed by atoms with E-state index in [1.54, 1.807) is 18.2 Å². The molecule has 0 aliphatic carbocycles. The van der Waals surface area contributed by atoms with Crippen molar-refractivity contribution in [3.8, 4) is 11.5 Å². The lowest BCUT2D eigenvalue weighted by molar-refractivity contribution is -0.384. The smallest absolute Gasteiger partial charge is 0.269 e. The van der Waals surface area contributed by atoms with Crippen LogP contribution in [-0.2, 0) is 0 Å². The molecule has 2 aromatic rings. The Hall–Kier alpha value is -2.40. The van der Waals surface area contributed by atoms with Crippen LogP contribution < -0.4 is 4.74 Å². The summed E-state index contributed by atoms with van der Waals surface area (Å²) in [6, 6.07) is 10.9. The van der Waals surface area contributed by atoms with Crippen molar-refractivity contribution in [2.75, 3.05) is 14.0 Å². The molecule has 0 spiro atoms. The summed E-state index contributed by atoms with van der Waals surface area (Å²) in [5, 5.41) is 10.7. The van der Waals surface area contributed by atoms with Crippen LogP contribution in [0.3, 0.4) is 0 Å². The number of nitro groups is 1. The first kappa shape index (κ1) is 8.79. The zero-order chi connectivity index (χ0) is 20.4. The quantitative estimate of drug-likeness (QED) is 0.617. The molecule has 5 nitrogen and oxygen atoms in total. The Morgan fingerprint density at radius 3 is 2.52 bits per heavy atom. The van der Waals surface area contributed by atoms with E-state index in [4.69, 9.17) is 13.0 Å². The van der Waals surface area contributed by atoms with E-state index in [-0.39, 0.29) is 5.69 Å². The number of benzene rings is 2. The fraction of sp³-hybridized carbons (Fsp3) is 0.250. The van der Waals surface area contributed by atoms with E-state index >= 15 is 0 Å². The number of non-ortho nitro benzene ring substituents is 1. The molecule has 0 saturated heterocycles. The Labute approximate surface area is 132 Å². The Morgan fingerprint density at radius 1 is 1.19 bits per heavy atom. The number of nitro benzene ring substituents is 1. The minimum absolute atomic E-state index is 0.0734. The second-order valence-corrected chi connectivity index (χ2v) is 4.47. The van der Waals surface area contributed by atoms with Gasteiger partial charge in [-0.05, 0) is 50.7 Å². The normalized spacial score (nSPS) is 17.6. The zero-order valence-electron chi connectivity index (χ0n) is 17.3. The van der Waals surface area contributed by atoms with Crippen LogP contribution in [0.2, 0.25) is 0 Å². The number of hydrogen-bond donors (Lipinski definition) is 0. The molecule has 0 radical (unpaired) electrons. The Balaban J connectivity index is 2.27. The van der Waals surface area contributed by atoms with Crippen LogP contribution in [0.5, 0.6) is 11.5 Å². The van der Waals surface area contributed by atoms with Gasteiger partial charge in [0.2, 0.25) is 0 Å². The third kappa shape index (κ3) is 3.79. The van der Waals surface area contributed by atoms with Crippen molar-refractivity contribution in [1.29, 1.82) is 0 Å². The van der Waals surface area contributed by atoms with Gasteiger partial charge in [0.05, 0.1) is 4.92 Å². The van der Waals surface area contributed by atoms with Gasteiger partial charge in [0.1, 0.15) is 11.5 Å². The van der Waals surface area contributed by atoms with Gasteiger partial charge in [0.25, 0.3) is 5.69 Å². The zero-order valence-corrected chi connectivity index (χ0v) is 11.3. The second kappa shape index (κ2) is 6.37. The molecule has 1 atom stereocenters. The molecule has 0 heterocycles. The first-order valence-corrected chi connectivity index (χ1v) is 6.21. The average molecular weight is 292 g/mol. The summed E-state index contributed by atoms with van der Waals surface area (Å²) >= 11 is 0. The first-order chi connectivity index (χ1) is 12.4. The molecule has 0 aromatic heterocycles. The molecule has 0 aliphatic heterocycles. The van der Waals surface area contributed by atoms with Gasteiger partial charge < -0.3 is 9.64 Å². The largest absolute Gasteiger partial charge is 0.457 e. The number of hydrogen-bond acceptors (Lipinski definition) is 4. The predicted octanol–water partition coefficient (Wildman–Crippen LogP) is 4.01. The first-order valence-electron chi connectivity index (χ1n) is 9.21. The lowest BCUT2D eigenvalue weighted by Crippen LogP contribution is -2.16. The van der Waals surface area contributed by atoms with Gasteiger partial charge in [0.15, 0.2) is 0 Å². The fourth-order valence-electron chi connectivity index (χ4n) is 1.76. The van der Waals surface area contributed by atoms with Crippen molar-refractivity contribution in [3.63, 3.8) is 0 Å². The van der Waals surface area contributed by atoms with Crippen LogP contribution in [0.1, 0.15) is 26.8 Å². The van der Waals surface area contributed by atoms with Crippen molar-refractivity contribution in [2.24, 2.45) is 0 Å². The summed E-state index contributed by atoms with van der Waals surface area (Å²) in [7, 11) is 0. The van der Waals surface area contributed by atoms with Gasteiger partial charge in [0, 0.05) is 26.4 Å². The van der Waals surface area contributed by atoms with Crippen LogP contribution in [0.25, 0.3) is 0 Å². The monoisotopic (exact) mass is 292 g/mol. The molecule has 0 fully saturated rings. The van der Waals surface area contributed by atoms with E-state index in [2.05, 4.69) is 0 Å². The van der Waals surface area contributed by atoms with E-state index < -0.39 is 24.9 Å². The highest BCUT2D eigenvalue weighted by molar-refractivity contribution is 5.39. The minimum atomic E-state index is -2.81. The average Bonchev–Trinajstić information content (AvgIpc) is 2.53. The molecule has 0 saturated carbocycles. The van der Waals surface area contributed by atoms with Crippen molar-refractivity contribution in [3.05, 3.63) is 64.2 Å². The predicted molar refractivity (Wildman–Crippen MR) is 81.7 cm³/mol. The lowest BCUT2D eigenvalue weighted by atomic mass is 10.1. The molecule has 21 heavy (non-hydrogen) atoms. The molecule has 5 heteroatoms. The van der Waals surface area contributed by atoms with Crippen molar-refractivity contribution in [1.82, 2.24) is 4.90 Å². The Kier molecular flexibility index (Phi) is 2.67. The van der Waals surface area contributed by atoms with Crippen molar-refractivity contribution >= 4 is 5.69 Å². The molecular weight excluding hydrogens is 268 g/mol. The van der Waals surface area contributed by atoms with E-state index in [0.29, 0.717) is 22.0 Å². The maximum absolute atomic E-state index is 10.7. The number of nitrogens with zero attached hydrogens (tertiary/aromatic N) is 2. The topological polar surface area (TPSA) is 55.6 Å². The third-order valence-electron chi connectivity index (χ3n) is 3.01. The van der Waals surface area contributed by atoms with Crippen LogP contribution in [0, 0.1) is 10.1 Å². The highest BCUT2D eigenvalue weighted by Gasteiger charge is 2.09. The van der Waals surface area contributed by atoms with Gasteiger partial charge >= 0.3 is 0 Å². The Bertz CT molecular complexity index is 791. The maximum Gasteiger partial charge on any atom is 0.269 e. The molecule has 110 valence electrons. The lowest BCUT2D eigenvalue weighted by Gasteiger charge is -2.20. The molecule has 0 amide bonds. The van der Waals surface area contributed by atoms with E-state index in [9.17, 15) is 10.1 Å². The molecule has 0 N–H and O–H groups in total. The SMILES string of the molecule is [2H]C([2H])([2H])N([C@@H](C)c1cccc(Oc2ccc([N+](=O)[O-])cc2)c1)C([2H])([2H])[2H]. The fourth-order valence-corrected chi connectivity index (χ4v) is 1.76. The summed E-state index contributed by atoms with van der Waals surface area (Å²) in [5.41, 5.74) is 0.373. The molecule has 0 unspecified atom stereocenters. The van der Waals surface area contributed by atoms with Gasteiger partial charge in [-0.2, -0.15) is 0 Å². The summed E-state index contributed by atoms with van der Waals surface area (Å²) < 4.78 is 50.8. The third-order valence-corrected chi connectivity index (χ3v) is 3.01. The maximum atomic E-state index is 10.7. The highest BCUT2D eigenvalue weighted by atomic mass is 16.6. The molecule has 2 rings (SSSR count). The van der Waals surface area contributed by atoms with Gasteiger partial charge in [-0.3, -0.25) is 10.1 Å². The molecule has 0 bridgehead atoms. The van der Waals surface area contributed by atoms with Crippen molar-refractivity contribution < 1.29 is 17.9 Å². The van der Waals surface area contributed by atoms with E-state index in [0.717, 1.165) is 0 Å². The standard InChI is InChI=1S/C16H18N2O3/c1-12(17(2)3)13-5-4-6-16(11-13)21-15-9-7-14(8-10-15)18(19)20/h4-12H,1-3H3/t12-/m0/s1/i2D3,3D3. The van der Waals surface area contributed by atoms with Gasteiger partial charge in [-0.1, -0.05) is 12.1 Å². The van der Waals surface area contributed by atoms with Crippen LogP contribution in [-0.4, -0.2) is 23.8 Å². The molecule has 0 aliphatic rings. The molecular formula is C16H18N2O3. The van der Waals surface area contributed by atoms with Crippen molar-refractivity contribution in [2.45, 2.75) is 13.0 Å². The minimum Gasteiger partial charge on any atom is -0.457 e. The summed E-state index contributed by atoms with van der Waals surface area (Å²) in [5.74, 6) is 0.707. The van der Waals surface area contributed by atoms with E-state index in [1.807, 2.05) is 0 Å². The highest BCUT2D eigenvalue weighted by Crippen LogP contribution is 2.27. The van der Waals surface area contributed by atoms with Crippen LogP contribution in [0.15, 0.2) is 48.5 Å². The number of rotatable bonds is 5. The summed E-state index contributed by atoms with van der Waals surface area (Å²) in [6.07, 6.45) is 0. The molecule has 2 aromatic carbocycles. The second-order valence-electron chi connectivity index (χ2n) is 4.47. The van der Waals surface area contributed by atoms with E-state index in [1.165, 1.54) is 37.3 Å². The Morgan fingerprint density at radius 2 is 1.90 bits per heavy atom. The summed E-state index contributed by atoms with van der Waals surface area (Å²) in [4.78, 5) is 10.7.